The lowest BCUT2D eigenvalue weighted by Gasteiger charge is -2.23. The Kier molecular flexibility index (Phi) is 7.09. The van der Waals surface area contributed by atoms with Gasteiger partial charge in [0.05, 0.1) is 10.8 Å². The van der Waals surface area contributed by atoms with Gasteiger partial charge in [0.25, 0.3) is 0 Å². The van der Waals surface area contributed by atoms with Crippen molar-refractivity contribution in [3.05, 3.63) is 72.6 Å². The van der Waals surface area contributed by atoms with Crippen LogP contribution in [0.5, 0.6) is 0 Å². The molecule has 33 heavy (non-hydrogen) atoms. The third-order valence-corrected chi connectivity index (χ3v) is 7.33. The van der Waals surface area contributed by atoms with Gasteiger partial charge in [-0.1, -0.05) is 55.3 Å². The fraction of sp³-hybridized carbons (Fsp3) is 0.304. The average molecular weight is 467 g/mol. The number of amides is 1. The number of rotatable bonds is 10. The van der Waals surface area contributed by atoms with Gasteiger partial charge < -0.3 is 15.4 Å². The molecule has 1 aliphatic rings. The molecule has 2 aromatic carbocycles. The zero-order chi connectivity index (χ0) is 23.4. The van der Waals surface area contributed by atoms with Crippen molar-refractivity contribution in [2.75, 3.05) is 0 Å². The average Bonchev–Trinajstić information content (AvgIpc) is 3.62. The third kappa shape index (κ3) is 5.97. The lowest BCUT2D eigenvalue weighted by atomic mass is 9.76. The van der Waals surface area contributed by atoms with E-state index in [4.69, 9.17) is 0 Å². The number of sulfonamides is 1. The first-order valence-corrected chi connectivity index (χ1v) is 12.4. The number of nitrogens with one attached hydrogen (secondary N) is 2. The molecule has 2 atom stereocenters. The van der Waals surface area contributed by atoms with Crippen LogP contribution in [0.25, 0.3) is 10.8 Å². The summed E-state index contributed by atoms with van der Waals surface area (Å²) in [6.07, 6.45) is 5.60. The van der Waals surface area contributed by atoms with Crippen LogP contribution in [0.4, 0.5) is 0 Å². The van der Waals surface area contributed by atoms with E-state index in [1.807, 2.05) is 18.2 Å². The second-order valence-electron chi connectivity index (χ2n) is 8.42. The molecule has 1 aliphatic carbocycles. The van der Waals surface area contributed by atoms with Crippen molar-refractivity contribution < 1.29 is 23.3 Å². The highest BCUT2D eigenvalue weighted by Crippen LogP contribution is 2.33. The fourth-order valence-corrected chi connectivity index (χ4v) is 5.29. The van der Waals surface area contributed by atoms with Crippen LogP contribution in [0.1, 0.15) is 24.8 Å². The highest BCUT2D eigenvalue weighted by molar-refractivity contribution is 7.89. The molecule has 1 amide bonds. The van der Waals surface area contributed by atoms with E-state index in [1.165, 1.54) is 12.3 Å². The first kappa shape index (κ1) is 23.4. The van der Waals surface area contributed by atoms with Crippen molar-refractivity contribution in [3.63, 3.8) is 0 Å². The van der Waals surface area contributed by atoms with Crippen LogP contribution < -0.4 is 10.0 Å². The molecule has 4 rings (SSSR count). The van der Waals surface area contributed by atoms with Crippen LogP contribution in [0.15, 0.2) is 71.9 Å². The summed E-state index contributed by atoms with van der Waals surface area (Å²) < 4.78 is 29.2. The predicted molar refractivity (Wildman–Crippen MR) is 125 cm³/mol. The van der Waals surface area contributed by atoms with E-state index in [2.05, 4.69) is 15.0 Å². The van der Waals surface area contributed by atoms with E-state index in [1.54, 1.807) is 36.5 Å². The highest BCUT2D eigenvalue weighted by atomic mass is 32.2. The van der Waals surface area contributed by atoms with Crippen LogP contribution in [0.2, 0.25) is 0 Å². The van der Waals surface area contributed by atoms with Gasteiger partial charge in [-0.05, 0) is 36.5 Å². The number of hydrogen-bond donors (Lipinski definition) is 4. The lowest BCUT2D eigenvalue weighted by molar-refractivity contribution is -0.123. The number of carbonyl (C=O) groups excluding carboxylic acids is 1. The summed E-state index contributed by atoms with van der Waals surface area (Å²) in [5.74, 6) is -1.13. The van der Waals surface area contributed by atoms with Crippen LogP contribution in [-0.2, 0) is 21.2 Å². The number of pyridine rings is 1. The Morgan fingerprint density at radius 3 is 2.55 bits per heavy atom. The summed E-state index contributed by atoms with van der Waals surface area (Å²) in [5, 5.41) is 23.3. The van der Waals surface area contributed by atoms with Crippen molar-refractivity contribution in [1.82, 2.24) is 15.0 Å². The van der Waals surface area contributed by atoms with Crippen molar-refractivity contribution in [3.8, 4) is 0 Å². The maximum atomic E-state index is 13.3. The number of carbonyl (C=O) groups is 1. The summed E-state index contributed by atoms with van der Waals surface area (Å²) >= 11 is 0. The van der Waals surface area contributed by atoms with Crippen LogP contribution in [0.3, 0.4) is 0 Å². The predicted octanol–water partition coefficient (Wildman–Crippen LogP) is 1.42. The van der Waals surface area contributed by atoms with E-state index in [0.717, 1.165) is 18.4 Å². The molecule has 0 spiro atoms. The van der Waals surface area contributed by atoms with E-state index in [9.17, 15) is 23.3 Å². The zero-order valence-electron chi connectivity index (χ0n) is 18.0. The SMILES string of the molecule is O=C(N[C@@H](CC1CC1)B(O)O)[C@H](Cc1ccccc1)NS(=O)(=O)c1cccc2cnccc12. The molecule has 0 aliphatic heterocycles. The topological polar surface area (TPSA) is 129 Å². The number of fused-ring (bicyclic) bond motifs is 1. The first-order chi connectivity index (χ1) is 15.8. The van der Waals surface area contributed by atoms with Crippen molar-refractivity contribution >= 4 is 33.8 Å². The Labute approximate surface area is 193 Å². The molecule has 172 valence electrons. The number of hydrogen-bond acceptors (Lipinski definition) is 6. The van der Waals surface area contributed by atoms with Gasteiger partial charge in [-0.15, -0.1) is 0 Å². The van der Waals surface area contributed by atoms with Gasteiger partial charge in [0.1, 0.15) is 6.04 Å². The Balaban J connectivity index is 1.61. The first-order valence-electron chi connectivity index (χ1n) is 10.9. The monoisotopic (exact) mass is 467 g/mol. The van der Waals surface area contributed by atoms with Gasteiger partial charge in [0.2, 0.25) is 15.9 Å². The van der Waals surface area contributed by atoms with E-state index >= 15 is 0 Å². The molecule has 0 unspecified atom stereocenters. The summed E-state index contributed by atoms with van der Waals surface area (Å²) in [6.45, 7) is 0. The maximum Gasteiger partial charge on any atom is 0.475 e. The summed E-state index contributed by atoms with van der Waals surface area (Å²) in [7, 11) is -5.81. The van der Waals surface area contributed by atoms with Gasteiger partial charge in [-0.3, -0.25) is 9.78 Å². The van der Waals surface area contributed by atoms with E-state index in [0.29, 0.717) is 23.1 Å². The Bertz CT molecular complexity index is 1210. The van der Waals surface area contributed by atoms with Gasteiger partial charge >= 0.3 is 7.12 Å². The molecular formula is C23H26BN3O5S. The highest BCUT2D eigenvalue weighted by Gasteiger charge is 2.35. The zero-order valence-corrected chi connectivity index (χ0v) is 18.8. The third-order valence-electron chi connectivity index (χ3n) is 5.80. The molecular weight excluding hydrogens is 441 g/mol. The Morgan fingerprint density at radius 1 is 1.09 bits per heavy atom. The second-order valence-corrected chi connectivity index (χ2v) is 10.1. The molecule has 1 aromatic heterocycles. The van der Waals surface area contributed by atoms with Gasteiger partial charge in [-0.25, -0.2) is 8.42 Å². The normalized spacial score (nSPS) is 15.7. The van der Waals surface area contributed by atoms with Gasteiger partial charge in [0.15, 0.2) is 0 Å². The number of benzene rings is 2. The number of aromatic nitrogens is 1. The molecule has 0 bridgehead atoms. The molecule has 1 heterocycles. The van der Waals surface area contributed by atoms with Crippen molar-refractivity contribution in [2.24, 2.45) is 5.92 Å². The molecule has 0 saturated heterocycles. The summed E-state index contributed by atoms with van der Waals surface area (Å²) in [4.78, 5) is 17.2. The molecule has 10 heteroatoms. The Hall–Kier alpha value is -2.79. The lowest BCUT2D eigenvalue weighted by Crippen LogP contribution is -2.54. The minimum atomic E-state index is -4.08. The molecule has 1 saturated carbocycles. The van der Waals surface area contributed by atoms with Crippen molar-refractivity contribution in [1.29, 1.82) is 0 Å². The van der Waals surface area contributed by atoms with E-state index < -0.39 is 35.0 Å². The molecule has 4 N–H and O–H groups in total. The summed E-state index contributed by atoms with van der Waals surface area (Å²) in [6, 6.07) is 14.4. The van der Waals surface area contributed by atoms with Gasteiger partial charge in [0, 0.05) is 23.2 Å². The fourth-order valence-electron chi connectivity index (χ4n) is 3.87. The van der Waals surface area contributed by atoms with E-state index in [-0.39, 0.29) is 11.3 Å². The van der Waals surface area contributed by atoms with Crippen LogP contribution in [-0.4, -0.2) is 48.5 Å². The quantitative estimate of drug-likeness (QED) is 0.334. The standard InChI is InChI=1S/C23H26BN3O5S/c28-23(26-22(24(29)30)14-17-9-10-17)20(13-16-5-2-1-3-6-16)27-33(31,32)21-8-4-7-18-15-25-12-11-19(18)21/h1-8,11-12,15,17,20,22,27,29-30H,9-10,13-14H2,(H,26,28)/t20-,22-/m0/s1. The minimum Gasteiger partial charge on any atom is -0.426 e. The van der Waals surface area contributed by atoms with Crippen LogP contribution >= 0.6 is 0 Å². The van der Waals surface area contributed by atoms with Crippen LogP contribution in [0, 0.1) is 5.92 Å². The van der Waals surface area contributed by atoms with Gasteiger partial charge in [-0.2, -0.15) is 4.72 Å². The molecule has 1 fully saturated rings. The molecule has 8 nitrogen and oxygen atoms in total. The minimum absolute atomic E-state index is 0.0463. The molecule has 0 radical (unpaired) electrons. The maximum absolute atomic E-state index is 13.3. The Morgan fingerprint density at radius 2 is 1.85 bits per heavy atom. The van der Waals surface area contributed by atoms with Crippen molar-refractivity contribution in [2.45, 2.75) is 42.6 Å². The summed E-state index contributed by atoms with van der Waals surface area (Å²) in [5.41, 5.74) is 0.769. The molecule has 3 aromatic rings. The second kappa shape index (κ2) is 10.0. The number of nitrogens with zero attached hydrogens (tertiary/aromatic N) is 1. The largest absolute Gasteiger partial charge is 0.475 e. The smallest absolute Gasteiger partial charge is 0.426 e.